The van der Waals surface area contributed by atoms with E-state index in [0.29, 0.717) is 0 Å². The van der Waals surface area contributed by atoms with Crippen LogP contribution in [0.3, 0.4) is 0 Å². The van der Waals surface area contributed by atoms with Crippen LogP contribution in [0.1, 0.15) is 43.0 Å². The molecule has 2 nitrogen and oxygen atoms in total. The van der Waals surface area contributed by atoms with E-state index in [1.165, 1.54) is 11.1 Å². The summed E-state index contributed by atoms with van der Waals surface area (Å²) in [5.74, 6) is 0.247. The molecule has 0 aliphatic carbocycles. The van der Waals surface area contributed by atoms with Gasteiger partial charge in [-0.3, -0.25) is 4.79 Å². The zero-order chi connectivity index (χ0) is 16.4. The van der Waals surface area contributed by atoms with E-state index in [1.54, 1.807) is 0 Å². The van der Waals surface area contributed by atoms with Crippen molar-refractivity contribution in [1.82, 2.24) is 4.90 Å². The number of fused-ring (bicyclic) bond motifs is 1. The summed E-state index contributed by atoms with van der Waals surface area (Å²) in [5, 5.41) is 0.719. The van der Waals surface area contributed by atoms with Crippen LogP contribution >= 0.6 is 11.6 Å². The van der Waals surface area contributed by atoms with Crippen molar-refractivity contribution in [2.75, 3.05) is 6.54 Å². The summed E-state index contributed by atoms with van der Waals surface area (Å²) in [6.07, 6.45) is 1.76. The number of carbonyl (C=O) groups is 1. The van der Waals surface area contributed by atoms with Gasteiger partial charge >= 0.3 is 0 Å². The summed E-state index contributed by atoms with van der Waals surface area (Å²) in [4.78, 5) is 14.9. The molecule has 1 amide bonds. The van der Waals surface area contributed by atoms with Gasteiger partial charge in [0, 0.05) is 17.5 Å². The maximum Gasteiger partial charge on any atom is 0.226 e. The van der Waals surface area contributed by atoms with E-state index < -0.39 is 0 Å². The van der Waals surface area contributed by atoms with Gasteiger partial charge in [-0.05, 0) is 35.6 Å². The Hall–Kier alpha value is -1.80. The average molecular weight is 328 g/mol. The van der Waals surface area contributed by atoms with Gasteiger partial charge in [0.2, 0.25) is 5.91 Å². The fraction of sp³-hybridized carbons (Fsp3) is 0.350. The number of carbonyl (C=O) groups excluding carboxylic acids is 1. The van der Waals surface area contributed by atoms with E-state index >= 15 is 0 Å². The molecule has 1 aliphatic heterocycles. The quantitative estimate of drug-likeness (QED) is 0.788. The molecule has 2 aromatic carbocycles. The zero-order valence-electron chi connectivity index (χ0n) is 13.6. The van der Waals surface area contributed by atoms with Crippen molar-refractivity contribution in [3.05, 3.63) is 70.2 Å². The fourth-order valence-electron chi connectivity index (χ4n) is 3.29. The van der Waals surface area contributed by atoms with Crippen molar-refractivity contribution >= 4 is 17.5 Å². The Kier molecular flexibility index (Phi) is 4.72. The lowest BCUT2D eigenvalue weighted by molar-refractivity contribution is -0.137. The average Bonchev–Trinajstić information content (AvgIpc) is 2.60. The number of nitrogens with zero attached hydrogens (tertiary/aromatic N) is 1. The predicted octanol–water partition coefficient (Wildman–Crippen LogP) is 4.86. The lowest BCUT2D eigenvalue weighted by Crippen LogP contribution is -2.43. The van der Waals surface area contributed by atoms with Crippen LogP contribution in [0.25, 0.3) is 0 Å². The van der Waals surface area contributed by atoms with Gasteiger partial charge in [-0.2, -0.15) is 0 Å². The standard InChI is InChI=1S/C20H22ClNO/c1-3-14(2)20(23)22-13-12-15-8-4-5-9-16(15)19(22)17-10-6-7-11-18(17)21/h4-11,14,19H,3,12-13H2,1-2H3/t14-,19-/m1/s1. The molecule has 0 aromatic heterocycles. The molecule has 3 rings (SSSR count). The minimum Gasteiger partial charge on any atom is -0.331 e. The van der Waals surface area contributed by atoms with Crippen molar-refractivity contribution in [2.45, 2.75) is 32.7 Å². The molecule has 0 N–H and O–H groups in total. The minimum absolute atomic E-state index is 0.0326. The summed E-state index contributed by atoms with van der Waals surface area (Å²) in [6.45, 7) is 4.81. The van der Waals surface area contributed by atoms with E-state index in [0.717, 1.165) is 30.0 Å². The molecule has 0 saturated heterocycles. The Morgan fingerprint density at radius 3 is 2.52 bits per heavy atom. The topological polar surface area (TPSA) is 20.3 Å². The SMILES string of the molecule is CC[C@@H](C)C(=O)N1CCc2ccccc2[C@@H]1c1ccccc1Cl. The van der Waals surface area contributed by atoms with Crippen molar-refractivity contribution in [3.63, 3.8) is 0 Å². The van der Waals surface area contributed by atoms with Crippen molar-refractivity contribution in [1.29, 1.82) is 0 Å². The second-order valence-electron chi connectivity index (χ2n) is 6.21. The molecule has 2 atom stereocenters. The molecule has 0 saturated carbocycles. The highest BCUT2D eigenvalue weighted by molar-refractivity contribution is 6.31. The fourth-order valence-corrected chi connectivity index (χ4v) is 3.53. The highest BCUT2D eigenvalue weighted by Gasteiger charge is 2.34. The summed E-state index contributed by atoms with van der Waals surface area (Å²) >= 11 is 6.47. The smallest absolute Gasteiger partial charge is 0.226 e. The largest absolute Gasteiger partial charge is 0.331 e. The summed E-state index contributed by atoms with van der Waals surface area (Å²) in [7, 11) is 0. The number of halogens is 1. The third-order valence-electron chi connectivity index (χ3n) is 4.80. The van der Waals surface area contributed by atoms with Crippen LogP contribution in [0.2, 0.25) is 5.02 Å². The second kappa shape index (κ2) is 6.76. The molecule has 0 unspecified atom stereocenters. The third kappa shape index (κ3) is 3.00. The molecular formula is C20H22ClNO. The first-order chi connectivity index (χ1) is 11.1. The first-order valence-corrected chi connectivity index (χ1v) is 8.64. The summed E-state index contributed by atoms with van der Waals surface area (Å²) in [6, 6.07) is 16.2. The van der Waals surface area contributed by atoms with Crippen molar-refractivity contribution < 1.29 is 4.79 Å². The van der Waals surface area contributed by atoms with Gasteiger partial charge in [-0.1, -0.05) is 67.9 Å². The molecule has 0 fully saturated rings. The van der Waals surface area contributed by atoms with Gasteiger partial charge in [-0.15, -0.1) is 0 Å². The molecule has 1 aliphatic rings. The number of amides is 1. The number of benzene rings is 2. The minimum atomic E-state index is -0.0878. The molecule has 120 valence electrons. The van der Waals surface area contributed by atoms with Crippen LogP contribution in [0.15, 0.2) is 48.5 Å². The van der Waals surface area contributed by atoms with E-state index in [4.69, 9.17) is 11.6 Å². The molecule has 2 aromatic rings. The van der Waals surface area contributed by atoms with Crippen LogP contribution in [-0.4, -0.2) is 17.4 Å². The van der Waals surface area contributed by atoms with E-state index in [1.807, 2.05) is 42.2 Å². The van der Waals surface area contributed by atoms with Crippen LogP contribution in [-0.2, 0) is 11.2 Å². The van der Waals surface area contributed by atoms with Gasteiger partial charge < -0.3 is 4.90 Å². The molecule has 0 radical (unpaired) electrons. The Morgan fingerprint density at radius 2 is 1.83 bits per heavy atom. The number of rotatable bonds is 3. The van der Waals surface area contributed by atoms with Crippen LogP contribution in [0.5, 0.6) is 0 Å². The molecular weight excluding hydrogens is 306 g/mol. The van der Waals surface area contributed by atoms with Gasteiger partial charge in [0.25, 0.3) is 0 Å². The predicted molar refractivity (Wildman–Crippen MR) is 94.6 cm³/mol. The molecule has 0 bridgehead atoms. The van der Waals surface area contributed by atoms with Crippen molar-refractivity contribution in [2.24, 2.45) is 5.92 Å². The van der Waals surface area contributed by atoms with Gasteiger partial charge in [0.05, 0.1) is 6.04 Å². The Morgan fingerprint density at radius 1 is 1.17 bits per heavy atom. The maximum atomic E-state index is 12.9. The normalized spacial score (nSPS) is 18.4. The lowest BCUT2D eigenvalue weighted by Gasteiger charge is -2.39. The van der Waals surface area contributed by atoms with E-state index in [9.17, 15) is 4.79 Å². The number of hydrogen-bond acceptors (Lipinski definition) is 1. The first kappa shape index (κ1) is 16.1. The Balaban J connectivity index is 2.11. The van der Waals surface area contributed by atoms with Gasteiger partial charge in [-0.25, -0.2) is 0 Å². The monoisotopic (exact) mass is 327 g/mol. The summed E-state index contributed by atoms with van der Waals surface area (Å²) < 4.78 is 0. The molecule has 1 heterocycles. The summed E-state index contributed by atoms with van der Waals surface area (Å²) in [5.41, 5.74) is 3.52. The number of hydrogen-bond donors (Lipinski definition) is 0. The highest BCUT2D eigenvalue weighted by Crippen LogP contribution is 2.38. The van der Waals surface area contributed by atoms with Crippen molar-refractivity contribution in [3.8, 4) is 0 Å². The second-order valence-corrected chi connectivity index (χ2v) is 6.62. The molecule has 23 heavy (non-hydrogen) atoms. The molecule has 0 spiro atoms. The molecule has 3 heteroatoms. The highest BCUT2D eigenvalue weighted by atomic mass is 35.5. The van der Waals surface area contributed by atoms with E-state index in [2.05, 4.69) is 25.1 Å². The maximum absolute atomic E-state index is 12.9. The van der Waals surface area contributed by atoms with Gasteiger partial charge in [0.15, 0.2) is 0 Å². The Bertz CT molecular complexity index is 712. The van der Waals surface area contributed by atoms with Gasteiger partial charge in [0.1, 0.15) is 0 Å². The zero-order valence-corrected chi connectivity index (χ0v) is 14.4. The first-order valence-electron chi connectivity index (χ1n) is 8.26. The Labute approximate surface area is 143 Å². The van der Waals surface area contributed by atoms with E-state index in [-0.39, 0.29) is 17.9 Å². The van der Waals surface area contributed by atoms with Crippen LogP contribution < -0.4 is 0 Å². The van der Waals surface area contributed by atoms with Crippen LogP contribution in [0, 0.1) is 5.92 Å². The van der Waals surface area contributed by atoms with Crippen LogP contribution in [0.4, 0.5) is 0 Å². The third-order valence-corrected chi connectivity index (χ3v) is 5.14. The lowest BCUT2D eigenvalue weighted by atomic mass is 9.87.